The third-order valence-electron chi connectivity index (χ3n) is 5.18. The van der Waals surface area contributed by atoms with E-state index in [1.165, 1.54) is 0 Å². The maximum Gasteiger partial charge on any atom is 0.326 e. The minimum Gasteiger partial charge on any atom is -0.481 e. The first-order valence-electron chi connectivity index (χ1n) is 11.0. The Balaban J connectivity index is 2.99. The highest BCUT2D eigenvalue weighted by Crippen LogP contribution is 2.08. The molecule has 0 bridgehead atoms. The van der Waals surface area contributed by atoms with Gasteiger partial charge in [0.05, 0.1) is 12.5 Å². The van der Waals surface area contributed by atoms with Crippen molar-refractivity contribution in [3.8, 4) is 0 Å². The summed E-state index contributed by atoms with van der Waals surface area (Å²) in [5.41, 5.74) is 6.48. The van der Waals surface area contributed by atoms with Gasteiger partial charge in [-0.3, -0.25) is 19.2 Å². The lowest BCUT2D eigenvalue weighted by atomic mass is 9.99. The molecule has 0 saturated heterocycles. The highest BCUT2D eigenvalue weighted by molar-refractivity contribution is 5.95. The maximum atomic E-state index is 12.9. The quantitative estimate of drug-likeness (QED) is 0.226. The van der Waals surface area contributed by atoms with Crippen LogP contribution in [0.15, 0.2) is 30.3 Å². The first-order valence-corrected chi connectivity index (χ1v) is 11.0. The molecule has 11 nitrogen and oxygen atoms in total. The maximum absolute atomic E-state index is 12.9. The Kier molecular flexibility index (Phi) is 11.2. The molecule has 0 aliphatic rings. The Morgan fingerprint density at radius 2 is 1.35 bits per heavy atom. The van der Waals surface area contributed by atoms with Gasteiger partial charge in [-0.1, -0.05) is 58.0 Å². The van der Waals surface area contributed by atoms with E-state index in [0.29, 0.717) is 5.56 Å². The molecule has 4 atom stereocenters. The van der Waals surface area contributed by atoms with Crippen molar-refractivity contribution in [3.05, 3.63) is 35.9 Å². The Bertz CT molecular complexity index is 873. The van der Waals surface area contributed by atoms with E-state index in [4.69, 9.17) is 5.73 Å². The molecule has 1 aromatic carbocycles. The second-order valence-corrected chi connectivity index (χ2v) is 8.75. The molecule has 1 aromatic rings. The molecule has 3 amide bonds. The second kappa shape index (κ2) is 13.3. The summed E-state index contributed by atoms with van der Waals surface area (Å²) in [4.78, 5) is 61.0. The number of carboxylic acids is 2. The number of rotatable bonds is 13. The summed E-state index contributed by atoms with van der Waals surface area (Å²) in [6.07, 6.45) is -0.813. The minimum atomic E-state index is -1.56. The SMILES string of the molecule is CC(C)C(N)C(=O)NC(C(=O)NC(CC(=O)O)C(=O)NC(Cc1ccccc1)C(=O)O)C(C)C. The first kappa shape index (κ1) is 28.6. The lowest BCUT2D eigenvalue weighted by Crippen LogP contribution is -2.59. The van der Waals surface area contributed by atoms with E-state index in [-0.39, 0.29) is 12.3 Å². The van der Waals surface area contributed by atoms with Gasteiger partial charge in [-0.15, -0.1) is 0 Å². The van der Waals surface area contributed by atoms with Gasteiger partial charge >= 0.3 is 11.9 Å². The van der Waals surface area contributed by atoms with Gasteiger partial charge in [0.15, 0.2) is 0 Å². The zero-order valence-electron chi connectivity index (χ0n) is 19.8. The van der Waals surface area contributed by atoms with Crippen LogP contribution < -0.4 is 21.7 Å². The molecule has 0 spiro atoms. The summed E-state index contributed by atoms with van der Waals surface area (Å²) in [5, 5.41) is 25.9. The average molecular weight is 479 g/mol. The topological polar surface area (TPSA) is 188 Å². The van der Waals surface area contributed by atoms with Gasteiger partial charge in [0.2, 0.25) is 17.7 Å². The van der Waals surface area contributed by atoms with Crippen molar-refractivity contribution in [1.29, 1.82) is 0 Å². The predicted octanol–water partition coefficient (Wildman–Crippen LogP) is -0.118. The molecule has 0 fully saturated rings. The fraction of sp³-hybridized carbons (Fsp3) is 0.522. The van der Waals surface area contributed by atoms with Crippen LogP contribution in [0.5, 0.6) is 0 Å². The van der Waals surface area contributed by atoms with Gasteiger partial charge in [-0.25, -0.2) is 4.79 Å². The number of nitrogens with two attached hydrogens (primary N) is 1. The molecule has 0 aliphatic heterocycles. The summed E-state index contributed by atoms with van der Waals surface area (Å²) < 4.78 is 0. The highest BCUT2D eigenvalue weighted by Gasteiger charge is 2.33. The Morgan fingerprint density at radius 1 is 0.794 bits per heavy atom. The summed E-state index contributed by atoms with van der Waals surface area (Å²) in [6, 6.07) is 3.74. The van der Waals surface area contributed by atoms with E-state index in [1.54, 1.807) is 58.0 Å². The second-order valence-electron chi connectivity index (χ2n) is 8.75. The smallest absolute Gasteiger partial charge is 0.326 e. The number of carbonyl (C=O) groups is 5. The van der Waals surface area contributed by atoms with Gasteiger partial charge in [-0.2, -0.15) is 0 Å². The van der Waals surface area contributed by atoms with Crippen molar-refractivity contribution >= 4 is 29.7 Å². The zero-order valence-corrected chi connectivity index (χ0v) is 19.8. The van der Waals surface area contributed by atoms with Crippen LogP contribution >= 0.6 is 0 Å². The number of hydrogen-bond donors (Lipinski definition) is 6. The molecule has 11 heteroatoms. The largest absolute Gasteiger partial charge is 0.481 e. The summed E-state index contributed by atoms with van der Waals surface area (Å²) in [7, 11) is 0. The molecule has 7 N–H and O–H groups in total. The Morgan fingerprint density at radius 3 is 1.82 bits per heavy atom. The van der Waals surface area contributed by atoms with Crippen LogP contribution in [0, 0.1) is 11.8 Å². The van der Waals surface area contributed by atoms with Crippen molar-refractivity contribution in [1.82, 2.24) is 16.0 Å². The molecule has 4 unspecified atom stereocenters. The molecular formula is C23H34N4O7. The van der Waals surface area contributed by atoms with E-state index >= 15 is 0 Å². The van der Waals surface area contributed by atoms with Crippen molar-refractivity contribution in [2.45, 2.75) is 64.7 Å². The van der Waals surface area contributed by atoms with Crippen molar-refractivity contribution < 1.29 is 34.2 Å². The first-order chi connectivity index (χ1) is 15.8. The molecule has 0 radical (unpaired) electrons. The Labute approximate surface area is 198 Å². The molecule has 0 saturated carbocycles. The lowest BCUT2D eigenvalue weighted by molar-refractivity contribution is -0.143. The standard InChI is InChI=1S/C23H34N4O7/c1-12(2)18(24)21(31)27-19(13(3)4)22(32)25-15(11-17(28)29)20(30)26-16(23(33)34)10-14-8-6-5-7-9-14/h5-9,12-13,15-16,18-19H,10-11,24H2,1-4H3,(H,25,32)(H,26,30)(H,27,31)(H,28,29)(H,33,34). The van der Waals surface area contributed by atoms with Crippen molar-refractivity contribution in [2.75, 3.05) is 0 Å². The third kappa shape index (κ3) is 9.18. The number of hydrogen-bond acceptors (Lipinski definition) is 6. The number of aliphatic carboxylic acids is 2. The van der Waals surface area contributed by atoms with Crippen LogP contribution in [0.1, 0.15) is 39.7 Å². The normalized spacial score (nSPS) is 14.6. The van der Waals surface area contributed by atoms with Gasteiger partial charge in [0, 0.05) is 6.42 Å². The molecule has 0 aliphatic carbocycles. The van der Waals surface area contributed by atoms with Crippen molar-refractivity contribution in [2.24, 2.45) is 17.6 Å². The summed E-state index contributed by atoms with van der Waals surface area (Å²) in [5.74, 6) is -5.57. The molecule has 1 rings (SSSR count). The van der Waals surface area contributed by atoms with Crippen LogP contribution in [-0.2, 0) is 30.4 Å². The van der Waals surface area contributed by atoms with Crippen LogP contribution in [0.25, 0.3) is 0 Å². The van der Waals surface area contributed by atoms with Gasteiger partial charge < -0.3 is 31.9 Å². The Hall–Kier alpha value is -3.47. The highest BCUT2D eigenvalue weighted by atomic mass is 16.4. The van der Waals surface area contributed by atoms with E-state index in [9.17, 15) is 34.2 Å². The fourth-order valence-corrected chi connectivity index (χ4v) is 3.05. The van der Waals surface area contributed by atoms with E-state index in [1.807, 2.05) is 0 Å². The van der Waals surface area contributed by atoms with E-state index in [0.717, 1.165) is 0 Å². The molecule has 34 heavy (non-hydrogen) atoms. The molecule has 0 heterocycles. The van der Waals surface area contributed by atoms with Crippen LogP contribution in [-0.4, -0.2) is 64.0 Å². The van der Waals surface area contributed by atoms with Crippen molar-refractivity contribution in [3.63, 3.8) is 0 Å². The van der Waals surface area contributed by atoms with Crippen LogP contribution in [0.4, 0.5) is 0 Å². The summed E-state index contributed by atoms with van der Waals surface area (Å²) in [6.45, 7) is 6.82. The zero-order chi connectivity index (χ0) is 26.0. The van der Waals surface area contributed by atoms with Gasteiger partial charge in [0.25, 0.3) is 0 Å². The van der Waals surface area contributed by atoms with Crippen LogP contribution in [0.2, 0.25) is 0 Å². The number of carboxylic acid groups (broad SMARTS) is 2. The average Bonchev–Trinajstić information content (AvgIpc) is 2.75. The van der Waals surface area contributed by atoms with Gasteiger partial charge in [0.1, 0.15) is 18.1 Å². The summed E-state index contributed by atoms with van der Waals surface area (Å²) >= 11 is 0. The van der Waals surface area contributed by atoms with Crippen LogP contribution in [0.3, 0.4) is 0 Å². The number of amides is 3. The molecule has 0 aromatic heterocycles. The van der Waals surface area contributed by atoms with Gasteiger partial charge in [-0.05, 0) is 17.4 Å². The number of benzene rings is 1. The van der Waals surface area contributed by atoms with E-state index in [2.05, 4.69) is 16.0 Å². The van der Waals surface area contributed by atoms with E-state index < -0.39 is 66.2 Å². The molecule has 188 valence electrons. The number of carbonyl (C=O) groups excluding carboxylic acids is 3. The monoisotopic (exact) mass is 478 g/mol. The fourth-order valence-electron chi connectivity index (χ4n) is 3.05. The predicted molar refractivity (Wildman–Crippen MR) is 123 cm³/mol. The molecular weight excluding hydrogens is 444 g/mol. The lowest BCUT2D eigenvalue weighted by Gasteiger charge is -2.27. The third-order valence-corrected chi connectivity index (χ3v) is 5.18. The minimum absolute atomic E-state index is 0.0343. The number of nitrogens with one attached hydrogen (secondary N) is 3.